The van der Waals surface area contributed by atoms with E-state index in [0.29, 0.717) is 24.2 Å². The van der Waals surface area contributed by atoms with Crippen molar-refractivity contribution in [1.82, 2.24) is 14.9 Å². The summed E-state index contributed by atoms with van der Waals surface area (Å²) in [5.74, 6) is -0.0298. The smallest absolute Gasteiger partial charge is 0.316 e. The van der Waals surface area contributed by atoms with Crippen molar-refractivity contribution >= 4 is 5.91 Å². The van der Waals surface area contributed by atoms with Crippen LogP contribution in [0.3, 0.4) is 0 Å². The van der Waals surface area contributed by atoms with Crippen molar-refractivity contribution in [2.24, 2.45) is 5.92 Å². The molecule has 2 fully saturated rings. The molecule has 1 N–H and O–H groups in total. The first-order valence-electron chi connectivity index (χ1n) is 8.82. The van der Waals surface area contributed by atoms with Crippen LogP contribution in [-0.2, 0) is 11.4 Å². The number of halogens is 1. The van der Waals surface area contributed by atoms with Gasteiger partial charge in [0.25, 0.3) is 0 Å². The van der Waals surface area contributed by atoms with Crippen LogP contribution in [0, 0.1) is 11.7 Å². The third-order valence-electron chi connectivity index (χ3n) is 4.84. The zero-order valence-corrected chi connectivity index (χ0v) is 14.3. The van der Waals surface area contributed by atoms with Crippen LogP contribution in [0.4, 0.5) is 4.39 Å². The maximum atomic E-state index is 14.3. The summed E-state index contributed by atoms with van der Waals surface area (Å²) in [6.07, 6.45) is 5.65. The van der Waals surface area contributed by atoms with Crippen molar-refractivity contribution < 1.29 is 19.0 Å². The van der Waals surface area contributed by atoms with Crippen LogP contribution >= 0.6 is 0 Å². The average molecular weight is 357 g/mol. The van der Waals surface area contributed by atoms with E-state index in [-0.39, 0.29) is 36.1 Å². The molecule has 1 atom stereocenters. The van der Waals surface area contributed by atoms with Gasteiger partial charge < -0.3 is 14.7 Å². The molecule has 1 amide bonds. The molecule has 6 nitrogen and oxygen atoms in total. The Kier molecular flexibility index (Phi) is 4.55. The van der Waals surface area contributed by atoms with Crippen LogP contribution in [0.25, 0.3) is 11.1 Å². The predicted molar refractivity (Wildman–Crippen MR) is 91.7 cm³/mol. The van der Waals surface area contributed by atoms with Gasteiger partial charge in [-0.1, -0.05) is 18.2 Å². The summed E-state index contributed by atoms with van der Waals surface area (Å²) in [7, 11) is 0. The van der Waals surface area contributed by atoms with E-state index < -0.39 is 5.82 Å². The maximum absolute atomic E-state index is 14.3. The Morgan fingerprint density at radius 3 is 2.73 bits per heavy atom. The molecule has 1 aromatic heterocycles. The monoisotopic (exact) mass is 357 g/mol. The zero-order chi connectivity index (χ0) is 18.1. The third kappa shape index (κ3) is 3.39. The summed E-state index contributed by atoms with van der Waals surface area (Å²) in [5, 5.41) is 9.17. The molecule has 136 valence electrons. The fourth-order valence-electron chi connectivity index (χ4n) is 3.20. The summed E-state index contributed by atoms with van der Waals surface area (Å²) < 4.78 is 20.1. The number of amides is 1. The van der Waals surface area contributed by atoms with E-state index in [2.05, 4.69) is 9.97 Å². The van der Waals surface area contributed by atoms with Crippen molar-refractivity contribution in [3.8, 4) is 17.1 Å². The van der Waals surface area contributed by atoms with Crippen LogP contribution in [0.2, 0.25) is 0 Å². The van der Waals surface area contributed by atoms with Gasteiger partial charge in [-0.05, 0) is 12.8 Å². The van der Waals surface area contributed by atoms with Gasteiger partial charge in [0.15, 0.2) is 0 Å². The lowest BCUT2D eigenvalue weighted by Gasteiger charge is -2.16. The minimum atomic E-state index is -0.475. The molecule has 2 aromatic rings. The fourth-order valence-corrected chi connectivity index (χ4v) is 3.20. The van der Waals surface area contributed by atoms with Gasteiger partial charge in [-0.25, -0.2) is 14.4 Å². The minimum absolute atomic E-state index is 0.113. The SMILES string of the molecule is O=C(C1CC1)N1CCC(Oc2ncc(-c3cccc(CO)c3F)cn2)C1. The molecule has 1 aromatic carbocycles. The highest BCUT2D eigenvalue weighted by Crippen LogP contribution is 2.32. The molecule has 26 heavy (non-hydrogen) atoms. The Morgan fingerprint density at radius 1 is 1.27 bits per heavy atom. The molecule has 1 saturated carbocycles. The van der Waals surface area contributed by atoms with Crippen molar-refractivity contribution in [1.29, 1.82) is 0 Å². The van der Waals surface area contributed by atoms with Crippen LogP contribution in [0.5, 0.6) is 6.01 Å². The number of nitrogens with zero attached hydrogens (tertiary/aromatic N) is 3. The van der Waals surface area contributed by atoms with E-state index in [1.54, 1.807) is 12.1 Å². The summed E-state index contributed by atoms with van der Waals surface area (Å²) in [6.45, 7) is 0.907. The van der Waals surface area contributed by atoms with E-state index in [4.69, 9.17) is 4.74 Å². The average Bonchev–Trinajstić information content (AvgIpc) is 3.41. The summed E-state index contributed by atoms with van der Waals surface area (Å²) >= 11 is 0. The first-order chi connectivity index (χ1) is 12.7. The number of aromatic nitrogens is 2. The van der Waals surface area contributed by atoms with Crippen LogP contribution in [-0.4, -0.2) is 45.1 Å². The van der Waals surface area contributed by atoms with Gasteiger partial charge in [0.2, 0.25) is 5.91 Å². The number of carbonyl (C=O) groups excluding carboxylic acids is 1. The molecule has 2 heterocycles. The number of aliphatic hydroxyl groups is 1. The molecule has 1 aliphatic carbocycles. The lowest BCUT2D eigenvalue weighted by Crippen LogP contribution is -2.32. The van der Waals surface area contributed by atoms with Crippen LogP contribution in [0.15, 0.2) is 30.6 Å². The highest BCUT2D eigenvalue weighted by molar-refractivity contribution is 5.81. The fraction of sp³-hybridized carbons (Fsp3) is 0.421. The largest absolute Gasteiger partial charge is 0.458 e. The van der Waals surface area contributed by atoms with E-state index in [1.165, 1.54) is 18.5 Å². The molecule has 4 rings (SSSR count). The molecule has 7 heteroatoms. The number of hydrogen-bond donors (Lipinski definition) is 1. The number of rotatable bonds is 5. The van der Waals surface area contributed by atoms with E-state index >= 15 is 0 Å². The highest BCUT2D eigenvalue weighted by atomic mass is 19.1. The molecule has 0 bridgehead atoms. The van der Waals surface area contributed by atoms with Gasteiger partial charge in [0.05, 0.1) is 13.2 Å². The Labute approximate surface area is 150 Å². The standard InChI is InChI=1S/C19H20FN3O3/c20-17-13(11-24)2-1-3-16(17)14-8-21-19(22-9-14)26-15-6-7-23(10-15)18(25)12-4-5-12/h1-3,8-9,12,15,24H,4-7,10-11H2. The van der Waals surface area contributed by atoms with Crippen molar-refractivity contribution in [2.75, 3.05) is 13.1 Å². The quantitative estimate of drug-likeness (QED) is 0.888. The topological polar surface area (TPSA) is 75.6 Å². The summed E-state index contributed by atoms with van der Waals surface area (Å²) in [4.78, 5) is 22.3. The maximum Gasteiger partial charge on any atom is 0.316 e. The molecule has 1 aliphatic heterocycles. The Balaban J connectivity index is 1.41. The number of likely N-dealkylation sites (tertiary alicyclic amines) is 1. The normalized spacial score (nSPS) is 19.6. The molecule has 0 spiro atoms. The van der Waals surface area contributed by atoms with Crippen molar-refractivity contribution in [3.05, 3.63) is 42.0 Å². The minimum Gasteiger partial charge on any atom is -0.458 e. The van der Waals surface area contributed by atoms with Crippen LogP contribution < -0.4 is 4.74 Å². The molecule has 1 unspecified atom stereocenters. The first-order valence-corrected chi connectivity index (χ1v) is 8.82. The number of benzene rings is 1. The second kappa shape index (κ2) is 6.99. The van der Waals surface area contributed by atoms with Gasteiger partial charge in [0.1, 0.15) is 11.9 Å². The van der Waals surface area contributed by atoms with E-state index in [1.807, 2.05) is 4.90 Å². The van der Waals surface area contributed by atoms with Gasteiger partial charge in [0, 0.05) is 48.0 Å². The Morgan fingerprint density at radius 2 is 2.04 bits per heavy atom. The second-order valence-electron chi connectivity index (χ2n) is 6.78. The van der Waals surface area contributed by atoms with Gasteiger partial charge >= 0.3 is 6.01 Å². The number of carbonyl (C=O) groups is 1. The second-order valence-corrected chi connectivity index (χ2v) is 6.78. The lowest BCUT2D eigenvalue weighted by molar-refractivity contribution is -0.131. The number of hydrogen-bond acceptors (Lipinski definition) is 5. The van der Waals surface area contributed by atoms with E-state index in [9.17, 15) is 14.3 Å². The molecular weight excluding hydrogens is 337 g/mol. The molecular formula is C19H20FN3O3. The lowest BCUT2D eigenvalue weighted by atomic mass is 10.1. The summed E-state index contributed by atoms with van der Waals surface area (Å²) in [6, 6.07) is 5.05. The Bertz CT molecular complexity index is 808. The third-order valence-corrected chi connectivity index (χ3v) is 4.84. The molecule has 2 aliphatic rings. The Hall–Kier alpha value is -2.54. The first kappa shape index (κ1) is 16.9. The predicted octanol–water partition coefficient (Wildman–Crippen LogP) is 2.16. The van der Waals surface area contributed by atoms with E-state index in [0.717, 1.165) is 19.3 Å². The van der Waals surface area contributed by atoms with Crippen LogP contribution in [0.1, 0.15) is 24.8 Å². The van der Waals surface area contributed by atoms with Gasteiger partial charge in [-0.15, -0.1) is 0 Å². The van der Waals surface area contributed by atoms with Crippen molar-refractivity contribution in [2.45, 2.75) is 32.0 Å². The zero-order valence-electron chi connectivity index (χ0n) is 14.3. The number of ether oxygens (including phenoxy) is 1. The highest BCUT2D eigenvalue weighted by Gasteiger charge is 2.37. The van der Waals surface area contributed by atoms with Crippen molar-refractivity contribution in [3.63, 3.8) is 0 Å². The molecule has 0 radical (unpaired) electrons. The van der Waals surface area contributed by atoms with Gasteiger partial charge in [-0.2, -0.15) is 0 Å². The van der Waals surface area contributed by atoms with Gasteiger partial charge in [-0.3, -0.25) is 4.79 Å². The molecule has 1 saturated heterocycles. The summed E-state index contributed by atoms with van der Waals surface area (Å²) in [5.41, 5.74) is 1.08. The number of aliphatic hydroxyl groups excluding tert-OH is 1.